The van der Waals surface area contributed by atoms with Gasteiger partial charge in [-0.2, -0.15) is 0 Å². The van der Waals surface area contributed by atoms with Gasteiger partial charge in [0.25, 0.3) is 0 Å². The molecular formula is C11H24N2O2. The zero-order valence-electron chi connectivity index (χ0n) is 10.4. The minimum Gasteiger partial charge on any atom is -0.468 e. The Morgan fingerprint density at radius 1 is 1.47 bits per heavy atom. The van der Waals surface area contributed by atoms with Gasteiger partial charge in [0.05, 0.1) is 7.11 Å². The third kappa shape index (κ3) is 6.47. The van der Waals surface area contributed by atoms with Gasteiger partial charge in [0.15, 0.2) is 0 Å². The highest BCUT2D eigenvalue weighted by Crippen LogP contribution is 1.98. The van der Waals surface area contributed by atoms with Gasteiger partial charge < -0.3 is 15.0 Å². The fourth-order valence-electron chi connectivity index (χ4n) is 1.46. The number of unbranched alkanes of at least 4 members (excludes halogenated alkanes) is 2. The van der Waals surface area contributed by atoms with Crippen LogP contribution in [0.2, 0.25) is 0 Å². The van der Waals surface area contributed by atoms with E-state index in [1.165, 1.54) is 26.4 Å². The van der Waals surface area contributed by atoms with E-state index in [0.29, 0.717) is 6.54 Å². The summed E-state index contributed by atoms with van der Waals surface area (Å²) < 4.78 is 4.70. The van der Waals surface area contributed by atoms with Crippen molar-refractivity contribution in [3.63, 3.8) is 0 Å². The molecule has 0 saturated carbocycles. The van der Waals surface area contributed by atoms with Crippen LogP contribution in [0, 0.1) is 0 Å². The first-order valence-corrected chi connectivity index (χ1v) is 5.59. The first-order valence-electron chi connectivity index (χ1n) is 5.59. The van der Waals surface area contributed by atoms with E-state index in [4.69, 9.17) is 4.74 Å². The summed E-state index contributed by atoms with van der Waals surface area (Å²) in [5.74, 6) is -0.195. The molecule has 0 bridgehead atoms. The monoisotopic (exact) mass is 216 g/mol. The van der Waals surface area contributed by atoms with Gasteiger partial charge in [-0.3, -0.25) is 4.79 Å². The normalized spacial score (nSPS) is 12.9. The Balaban J connectivity index is 3.80. The molecule has 0 aromatic carbocycles. The number of nitrogens with one attached hydrogen (secondary N) is 1. The van der Waals surface area contributed by atoms with Gasteiger partial charge in [-0.25, -0.2) is 0 Å². The van der Waals surface area contributed by atoms with Crippen molar-refractivity contribution >= 4 is 5.97 Å². The fraction of sp³-hybridized carbons (Fsp3) is 0.909. The largest absolute Gasteiger partial charge is 0.468 e. The Hall–Kier alpha value is -0.610. The lowest BCUT2D eigenvalue weighted by atomic mass is 10.2. The van der Waals surface area contributed by atoms with E-state index < -0.39 is 0 Å². The van der Waals surface area contributed by atoms with Crippen LogP contribution in [-0.4, -0.2) is 51.2 Å². The molecule has 4 heteroatoms. The number of carbonyl (C=O) groups excluding carboxylic acids is 1. The van der Waals surface area contributed by atoms with Crippen molar-refractivity contribution in [1.82, 2.24) is 10.2 Å². The highest BCUT2D eigenvalue weighted by atomic mass is 16.5. The molecule has 0 aliphatic carbocycles. The summed E-state index contributed by atoms with van der Waals surface area (Å²) in [5.41, 5.74) is 0. The minimum atomic E-state index is -0.221. The first-order chi connectivity index (χ1) is 7.15. The van der Waals surface area contributed by atoms with E-state index in [1.807, 2.05) is 7.05 Å². The van der Waals surface area contributed by atoms with Crippen molar-refractivity contribution in [3.05, 3.63) is 0 Å². The van der Waals surface area contributed by atoms with E-state index in [-0.39, 0.29) is 12.0 Å². The fourth-order valence-corrected chi connectivity index (χ4v) is 1.46. The molecule has 1 atom stereocenters. The van der Waals surface area contributed by atoms with Crippen LogP contribution in [0.15, 0.2) is 0 Å². The van der Waals surface area contributed by atoms with Gasteiger partial charge >= 0.3 is 5.97 Å². The maximum atomic E-state index is 11.3. The summed E-state index contributed by atoms with van der Waals surface area (Å²) in [7, 11) is 5.23. The molecule has 0 spiro atoms. The summed E-state index contributed by atoms with van der Waals surface area (Å²) in [5, 5.41) is 2.96. The van der Waals surface area contributed by atoms with Gasteiger partial charge in [-0.1, -0.05) is 19.8 Å². The Bertz CT molecular complexity index is 174. The number of nitrogens with zero attached hydrogens (tertiary/aromatic N) is 1. The van der Waals surface area contributed by atoms with Crippen LogP contribution in [0.4, 0.5) is 0 Å². The molecule has 90 valence electrons. The average molecular weight is 216 g/mol. The third-order valence-electron chi connectivity index (χ3n) is 2.47. The number of ether oxygens (including phenoxy) is 1. The number of rotatable bonds is 8. The first kappa shape index (κ1) is 14.4. The summed E-state index contributed by atoms with van der Waals surface area (Å²) in [6.07, 6.45) is 3.65. The number of hydrogen-bond donors (Lipinski definition) is 1. The topological polar surface area (TPSA) is 41.6 Å². The number of hydrogen-bond acceptors (Lipinski definition) is 4. The van der Waals surface area contributed by atoms with Crippen molar-refractivity contribution in [2.75, 3.05) is 34.3 Å². The summed E-state index contributed by atoms with van der Waals surface area (Å²) in [6, 6.07) is -0.221. The number of carbonyl (C=O) groups is 1. The number of methoxy groups -OCH3 is 1. The number of likely N-dealkylation sites (N-methyl/N-ethyl adjacent to an activating group) is 2. The Kier molecular flexibility index (Phi) is 8.33. The average Bonchev–Trinajstić information content (AvgIpc) is 2.25. The molecule has 0 amide bonds. The van der Waals surface area contributed by atoms with Gasteiger partial charge in [0.1, 0.15) is 6.04 Å². The SMILES string of the molecule is CCCCCN(C)CC(NC)C(=O)OC. The molecule has 0 aliphatic rings. The van der Waals surface area contributed by atoms with E-state index >= 15 is 0 Å². The lowest BCUT2D eigenvalue weighted by Crippen LogP contribution is -2.44. The van der Waals surface area contributed by atoms with Crippen molar-refractivity contribution < 1.29 is 9.53 Å². The molecule has 15 heavy (non-hydrogen) atoms. The van der Waals surface area contributed by atoms with Crippen LogP contribution in [-0.2, 0) is 9.53 Å². The van der Waals surface area contributed by atoms with Gasteiger partial charge in [0.2, 0.25) is 0 Å². The number of esters is 1. The Morgan fingerprint density at radius 3 is 2.60 bits per heavy atom. The van der Waals surface area contributed by atoms with Crippen LogP contribution in [0.1, 0.15) is 26.2 Å². The molecular weight excluding hydrogens is 192 g/mol. The zero-order chi connectivity index (χ0) is 11.7. The highest BCUT2D eigenvalue weighted by molar-refractivity contribution is 5.75. The van der Waals surface area contributed by atoms with Crippen LogP contribution in [0.25, 0.3) is 0 Å². The Labute approximate surface area is 93.0 Å². The van der Waals surface area contributed by atoms with Crippen molar-refractivity contribution in [3.8, 4) is 0 Å². The van der Waals surface area contributed by atoms with Crippen LogP contribution in [0.3, 0.4) is 0 Å². The zero-order valence-corrected chi connectivity index (χ0v) is 10.4. The lowest BCUT2D eigenvalue weighted by Gasteiger charge is -2.21. The molecule has 0 saturated heterocycles. The van der Waals surface area contributed by atoms with Gasteiger partial charge in [-0.05, 0) is 27.1 Å². The lowest BCUT2D eigenvalue weighted by molar-refractivity contribution is -0.143. The molecule has 0 aliphatic heterocycles. The molecule has 1 N–H and O–H groups in total. The second kappa shape index (κ2) is 8.68. The Morgan fingerprint density at radius 2 is 2.13 bits per heavy atom. The molecule has 0 heterocycles. The third-order valence-corrected chi connectivity index (χ3v) is 2.47. The second-order valence-electron chi connectivity index (χ2n) is 3.83. The predicted molar refractivity (Wildman–Crippen MR) is 61.9 cm³/mol. The summed E-state index contributed by atoms with van der Waals surface area (Å²) in [6.45, 7) is 3.92. The smallest absolute Gasteiger partial charge is 0.324 e. The minimum absolute atomic E-state index is 0.195. The van der Waals surface area contributed by atoms with E-state index in [0.717, 1.165) is 6.54 Å². The maximum absolute atomic E-state index is 11.3. The molecule has 0 aromatic rings. The summed E-state index contributed by atoms with van der Waals surface area (Å²) >= 11 is 0. The maximum Gasteiger partial charge on any atom is 0.324 e. The predicted octanol–water partition coefficient (Wildman–Crippen LogP) is 0.869. The van der Waals surface area contributed by atoms with Crippen LogP contribution >= 0.6 is 0 Å². The van der Waals surface area contributed by atoms with Gasteiger partial charge in [0, 0.05) is 6.54 Å². The van der Waals surface area contributed by atoms with Crippen LogP contribution < -0.4 is 5.32 Å². The van der Waals surface area contributed by atoms with Crippen molar-refractivity contribution in [2.45, 2.75) is 32.2 Å². The second-order valence-corrected chi connectivity index (χ2v) is 3.83. The highest BCUT2D eigenvalue weighted by Gasteiger charge is 2.18. The van der Waals surface area contributed by atoms with Crippen molar-refractivity contribution in [1.29, 1.82) is 0 Å². The molecule has 0 radical (unpaired) electrons. The van der Waals surface area contributed by atoms with E-state index in [1.54, 1.807) is 7.05 Å². The molecule has 0 fully saturated rings. The summed E-state index contributed by atoms with van der Waals surface area (Å²) in [4.78, 5) is 13.5. The van der Waals surface area contributed by atoms with E-state index in [9.17, 15) is 4.79 Å². The van der Waals surface area contributed by atoms with Crippen LogP contribution in [0.5, 0.6) is 0 Å². The molecule has 0 rings (SSSR count). The van der Waals surface area contributed by atoms with Gasteiger partial charge in [-0.15, -0.1) is 0 Å². The molecule has 4 nitrogen and oxygen atoms in total. The standard InChI is InChI=1S/C11H24N2O2/c1-5-6-7-8-13(3)9-10(12-2)11(14)15-4/h10,12H,5-9H2,1-4H3. The molecule has 1 unspecified atom stereocenters. The quantitative estimate of drug-likeness (QED) is 0.483. The van der Waals surface area contributed by atoms with Crippen molar-refractivity contribution in [2.24, 2.45) is 0 Å². The van der Waals surface area contributed by atoms with E-state index in [2.05, 4.69) is 17.1 Å². The molecule has 0 aromatic heterocycles.